The van der Waals surface area contributed by atoms with Gasteiger partial charge in [-0.2, -0.15) is 0 Å². The van der Waals surface area contributed by atoms with Gasteiger partial charge >= 0.3 is 0 Å². The monoisotopic (exact) mass is 328 g/mol. The lowest BCUT2D eigenvalue weighted by molar-refractivity contribution is 0.0913. The first-order valence-electron chi connectivity index (χ1n) is 7.29. The lowest BCUT2D eigenvalue weighted by Crippen LogP contribution is -2.23. The van der Waals surface area contributed by atoms with Crippen LogP contribution in [0.15, 0.2) is 22.7 Å². The van der Waals surface area contributed by atoms with Crippen LogP contribution in [-0.4, -0.2) is 11.2 Å². The zero-order valence-electron chi connectivity index (χ0n) is 11.2. The Balaban J connectivity index is 1.94. The van der Waals surface area contributed by atoms with Gasteiger partial charge in [-0.15, -0.1) is 0 Å². The second-order valence-electron chi connectivity index (χ2n) is 5.63. The second kappa shape index (κ2) is 7.39. The topological polar surface area (TPSA) is 20.2 Å². The van der Waals surface area contributed by atoms with Gasteiger partial charge in [0.2, 0.25) is 0 Å². The van der Waals surface area contributed by atoms with Gasteiger partial charge in [0.05, 0.1) is 10.6 Å². The van der Waals surface area contributed by atoms with Crippen LogP contribution in [0.4, 0.5) is 4.39 Å². The first kappa shape index (κ1) is 15.0. The van der Waals surface area contributed by atoms with Crippen LogP contribution in [0.1, 0.15) is 50.5 Å². The molecule has 1 fully saturated rings. The van der Waals surface area contributed by atoms with Gasteiger partial charge in [-0.3, -0.25) is 0 Å². The van der Waals surface area contributed by atoms with E-state index in [-0.39, 0.29) is 11.9 Å². The van der Waals surface area contributed by atoms with Crippen molar-refractivity contribution in [2.75, 3.05) is 0 Å². The van der Waals surface area contributed by atoms with Crippen molar-refractivity contribution in [2.24, 2.45) is 5.92 Å². The summed E-state index contributed by atoms with van der Waals surface area (Å²) in [6.07, 6.45) is 8.99. The molecule has 0 aliphatic heterocycles. The number of aliphatic hydroxyl groups excluding tert-OH is 1. The summed E-state index contributed by atoms with van der Waals surface area (Å²) >= 11 is 3.20. The maximum Gasteiger partial charge on any atom is 0.137 e. The lowest BCUT2D eigenvalue weighted by atomic mass is 9.85. The van der Waals surface area contributed by atoms with Crippen LogP contribution in [0.2, 0.25) is 0 Å². The van der Waals surface area contributed by atoms with E-state index in [4.69, 9.17) is 0 Å². The van der Waals surface area contributed by atoms with Gasteiger partial charge in [-0.25, -0.2) is 4.39 Å². The third-order valence-electron chi connectivity index (χ3n) is 4.12. The van der Waals surface area contributed by atoms with E-state index in [1.165, 1.54) is 38.2 Å². The van der Waals surface area contributed by atoms with Crippen molar-refractivity contribution in [3.63, 3.8) is 0 Å². The zero-order chi connectivity index (χ0) is 13.7. The molecule has 2 rings (SSSR count). The minimum Gasteiger partial charge on any atom is -0.392 e. The number of benzene rings is 1. The molecule has 0 aromatic heterocycles. The van der Waals surface area contributed by atoms with Gasteiger partial charge in [0.25, 0.3) is 0 Å². The van der Waals surface area contributed by atoms with Crippen molar-refractivity contribution in [2.45, 2.75) is 57.5 Å². The highest BCUT2D eigenvalue weighted by Crippen LogP contribution is 2.27. The fourth-order valence-electron chi connectivity index (χ4n) is 2.95. The third kappa shape index (κ3) is 4.57. The molecule has 0 saturated heterocycles. The molecule has 0 amide bonds. The van der Waals surface area contributed by atoms with Gasteiger partial charge in [0.1, 0.15) is 5.82 Å². The fourth-order valence-corrected chi connectivity index (χ4v) is 3.37. The molecule has 1 aliphatic rings. The molecule has 1 unspecified atom stereocenters. The Morgan fingerprint density at radius 3 is 2.42 bits per heavy atom. The number of aliphatic hydroxyl groups is 1. The minimum absolute atomic E-state index is 0.246. The van der Waals surface area contributed by atoms with E-state index < -0.39 is 0 Å². The summed E-state index contributed by atoms with van der Waals surface area (Å²) in [7, 11) is 0. The van der Waals surface area contributed by atoms with Crippen molar-refractivity contribution in [3.8, 4) is 0 Å². The average Bonchev–Trinajstić information content (AvgIpc) is 2.33. The lowest BCUT2D eigenvalue weighted by Gasteiger charge is -2.25. The Morgan fingerprint density at radius 2 is 1.79 bits per heavy atom. The van der Waals surface area contributed by atoms with Crippen molar-refractivity contribution >= 4 is 15.9 Å². The van der Waals surface area contributed by atoms with E-state index in [9.17, 15) is 9.50 Å². The SMILES string of the molecule is OC(Cc1ccc(F)c(Br)c1)C1CCCCCCC1. The Morgan fingerprint density at radius 1 is 1.16 bits per heavy atom. The number of hydrogen-bond acceptors (Lipinski definition) is 1. The predicted octanol–water partition coefficient (Wildman–Crippen LogP) is 4.85. The standard InChI is InChI=1S/C16H22BrFO/c17-14-10-12(8-9-15(14)18)11-16(19)13-6-4-2-1-3-5-7-13/h8-10,13,16,19H,1-7,11H2. The maximum atomic E-state index is 13.2. The van der Waals surface area contributed by atoms with Gasteiger partial charge in [0.15, 0.2) is 0 Å². The summed E-state index contributed by atoms with van der Waals surface area (Å²) in [6.45, 7) is 0. The molecule has 1 aromatic rings. The summed E-state index contributed by atoms with van der Waals surface area (Å²) in [6, 6.07) is 5.01. The molecule has 0 radical (unpaired) electrons. The summed E-state index contributed by atoms with van der Waals surface area (Å²) in [5, 5.41) is 10.4. The summed E-state index contributed by atoms with van der Waals surface area (Å²) in [4.78, 5) is 0. The molecule has 1 aliphatic carbocycles. The van der Waals surface area contributed by atoms with Crippen LogP contribution in [0.3, 0.4) is 0 Å². The number of rotatable bonds is 3. The quantitative estimate of drug-likeness (QED) is 0.840. The highest BCUT2D eigenvalue weighted by molar-refractivity contribution is 9.10. The summed E-state index contributed by atoms with van der Waals surface area (Å²) in [5.41, 5.74) is 1.00. The Labute approximate surface area is 123 Å². The highest BCUT2D eigenvalue weighted by atomic mass is 79.9. The molecule has 1 saturated carbocycles. The van der Waals surface area contributed by atoms with Crippen LogP contribution in [0, 0.1) is 11.7 Å². The van der Waals surface area contributed by atoms with Gasteiger partial charge in [-0.05, 0) is 58.8 Å². The summed E-state index contributed by atoms with van der Waals surface area (Å²) < 4.78 is 13.7. The minimum atomic E-state index is -0.296. The van der Waals surface area contributed by atoms with E-state index in [1.807, 2.05) is 0 Å². The van der Waals surface area contributed by atoms with E-state index in [1.54, 1.807) is 12.1 Å². The second-order valence-corrected chi connectivity index (χ2v) is 6.48. The number of halogens is 2. The third-order valence-corrected chi connectivity index (χ3v) is 4.73. The summed E-state index contributed by atoms with van der Waals surface area (Å²) in [5.74, 6) is 0.160. The van der Waals surface area contributed by atoms with Crippen LogP contribution in [-0.2, 0) is 6.42 Å². The van der Waals surface area contributed by atoms with E-state index in [0.717, 1.165) is 18.4 Å². The normalized spacial score (nSPS) is 19.7. The van der Waals surface area contributed by atoms with Crippen LogP contribution in [0.25, 0.3) is 0 Å². The van der Waals surface area contributed by atoms with Crippen LogP contribution in [0.5, 0.6) is 0 Å². The smallest absolute Gasteiger partial charge is 0.137 e. The van der Waals surface area contributed by atoms with Crippen molar-refractivity contribution in [1.82, 2.24) is 0 Å². The Kier molecular flexibility index (Phi) is 5.83. The molecule has 1 atom stereocenters. The molecule has 0 bridgehead atoms. The van der Waals surface area contributed by atoms with Crippen molar-refractivity contribution < 1.29 is 9.50 Å². The number of hydrogen-bond donors (Lipinski definition) is 1. The molecule has 106 valence electrons. The fraction of sp³-hybridized carbons (Fsp3) is 0.625. The largest absolute Gasteiger partial charge is 0.392 e. The highest BCUT2D eigenvalue weighted by Gasteiger charge is 2.20. The van der Waals surface area contributed by atoms with Gasteiger partial charge in [0, 0.05) is 0 Å². The first-order chi connectivity index (χ1) is 9.16. The van der Waals surface area contributed by atoms with E-state index >= 15 is 0 Å². The molecule has 3 heteroatoms. The molecule has 19 heavy (non-hydrogen) atoms. The predicted molar refractivity (Wildman–Crippen MR) is 79.6 cm³/mol. The molecular weight excluding hydrogens is 307 g/mol. The van der Waals surface area contributed by atoms with Crippen LogP contribution < -0.4 is 0 Å². The van der Waals surface area contributed by atoms with Crippen molar-refractivity contribution in [1.29, 1.82) is 0 Å². The first-order valence-corrected chi connectivity index (χ1v) is 8.08. The maximum absolute atomic E-state index is 13.2. The van der Waals surface area contributed by atoms with Gasteiger partial charge in [-0.1, -0.05) is 38.2 Å². The molecule has 1 N–H and O–H groups in total. The van der Waals surface area contributed by atoms with E-state index in [0.29, 0.717) is 16.8 Å². The zero-order valence-corrected chi connectivity index (χ0v) is 12.8. The van der Waals surface area contributed by atoms with E-state index in [2.05, 4.69) is 15.9 Å². The Hall–Kier alpha value is -0.410. The molecule has 0 heterocycles. The molecule has 1 aromatic carbocycles. The van der Waals surface area contributed by atoms with Crippen LogP contribution >= 0.6 is 15.9 Å². The van der Waals surface area contributed by atoms with Crippen molar-refractivity contribution in [3.05, 3.63) is 34.1 Å². The van der Waals surface area contributed by atoms with Gasteiger partial charge < -0.3 is 5.11 Å². The molecular formula is C16H22BrFO. The molecule has 1 nitrogen and oxygen atoms in total. The average molecular weight is 329 g/mol. The Bertz CT molecular complexity index is 400. The molecule has 0 spiro atoms.